The quantitative estimate of drug-likeness (QED) is 0.271. The third-order valence-corrected chi connectivity index (χ3v) is 3.77. The first-order chi connectivity index (χ1) is 11.2. The van der Waals surface area contributed by atoms with Gasteiger partial charge >= 0.3 is 0 Å². The van der Waals surface area contributed by atoms with Gasteiger partial charge in [0.25, 0.3) is 0 Å². The minimum Gasteiger partial charge on any atom is -0.382 e. The summed E-state index contributed by atoms with van der Waals surface area (Å²) in [6.45, 7) is 5.48. The molecule has 23 heavy (non-hydrogen) atoms. The molecule has 0 radical (unpaired) electrons. The predicted octanol–water partition coefficient (Wildman–Crippen LogP) is 2.40. The Morgan fingerprint density at radius 2 is 1.74 bits per heavy atom. The fraction of sp³-hybridized carbons (Fsp3) is 1.00. The van der Waals surface area contributed by atoms with Gasteiger partial charge in [0.05, 0.1) is 12.7 Å². The van der Waals surface area contributed by atoms with Gasteiger partial charge in [-0.25, -0.2) is 0 Å². The van der Waals surface area contributed by atoms with E-state index in [0.29, 0.717) is 13.2 Å². The number of ether oxygens (including phenoxy) is 4. The van der Waals surface area contributed by atoms with Crippen LogP contribution < -0.4 is 0 Å². The second-order valence-corrected chi connectivity index (χ2v) is 5.59. The first-order valence-corrected chi connectivity index (χ1v) is 8.29. The van der Waals surface area contributed by atoms with Crippen molar-refractivity contribution in [2.24, 2.45) is 5.11 Å². The summed E-state index contributed by atoms with van der Waals surface area (Å²) in [5.74, 6) is 0. The highest BCUT2D eigenvalue weighted by atomic mass is 16.7. The fourth-order valence-electron chi connectivity index (χ4n) is 2.51. The number of hydrogen-bond acceptors (Lipinski definition) is 6. The number of azide groups is 1. The summed E-state index contributed by atoms with van der Waals surface area (Å²) < 4.78 is 22.5. The molecule has 0 aliphatic carbocycles. The maximum Gasteiger partial charge on any atom is 0.166 e. The van der Waals surface area contributed by atoms with Crippen LogP contribution in [0.25, 0.3) is 10.4 Å². The summed E-state index contributed by atoms with van der Waals surface area (Å²) in [7, 11) is 1.56. The smallest absolute Gasteiger partial charge is 0.166 e. The predicted molar refractivity (Wildman–Crippen MR) is 85.0 cm³/mol. The molecular formula is C15H29N3O5. The van der Waals surface area contributed by atoms with E-state index in [9.17, 15) is 5.11 Å². The van der Waals surface area contributed by atoms with Crippen molar-refractivity contribution < 1.29 is 24.1 Å². The zero-order chi connectivity index (χ0) is 17.1. The van der Waals surface area contributed by atoms with Crippen molar-refractivity contribution >= 4 is 0 Å². The van der Waals surface area contributed by atoms with Gasteiger partial charge in [-0.05, 0) is 18.4 Å². The lowest BCUT2D eigenvalue weighted by Gasteiger charge is -2.43. The molecule has 0 saturated carbocycles. The van der Waals surface area contributed by atoms with Crippen LogP contribution in [0, 0.1) is 0 Å². The number of methoxy groups -OCH3 is 1. The molecule has 1 aliphatic heterocycles. The lowest BCUT2D eigenvalue weighted by atomic mass is 9.97. The van der Waals surface area contributed by atoms with Crippen LogP contribution in [-0.4, -0.2) is 62.7 Å². The van der Waals surface area contributed by atoms with Gasteiger partial charge < -0.3 is 24.1 Å². The van der Waals surface area contributed by atoms with Crippen LogP contribution >= 0.6 is 0 Å². The maximum absolute atomic E-state index is 10.1. The number of aliphatic hydroxyl groups is 1. The molecule has 1 aliphatic rings. The lowest BCUT2D eigenvalue weighted by molar-refractivity contribution is -0.268. The molecule has 0 aromatic carbocycles. The third-order valence-electron chi connectivity index (χ3n) is 3.77. The van der Waals surface area contributed by atoms with Crippen LogP contribution in [0.5, 0.6) is 0 Å². The van der Waals surface area contributed by atoms with E-state index in [4.69, 9.17) is 24.5 Å². The van der Waals surface area contributed by atoms with E-state index < -0.39 is 30.6 Å². The average molecular weight is 331 g/mol. The van der Waals surface area contributed by atoms with E-state index in [0.717, 1.165) is 25.7 Å². The lowest BCUT2D eigenvalue weighted by Crippen LogP contribution is -2.59. The molecule has 0 aromatic heterocycles. The van der Waals surface area contributed by atoms with Gasteiger partial charge in [0.2, 0.25) is 0 Å². The first kappa shape index (κ1) is 20.2. The average Bonchev–Trinajstić information content (AvgIpc) is 2.53. The van der Waals surface area contributed by atoms with Crippen LogP contribution in [-0.2, 0) is 18.9 Å². The summed E-state index contributed by atoms with van der Waals surface area (Å²) in [6, 6.07) is -0.836. The Hall–Kier alpha value is -0.890. The normalized spacial score (nSPS) is 30.9. The highest BCUT2D eigenvalue weighted by molar-refractivity contribution is 4.95. The summed E-state index contributed by atoms with van der Waals surface area (Å²) in [5, 5.41) is 13.8. The van der Waals surface area contributed by atoms with Gasteiger partial charge in [-0.2, -0.15) is 0 Å². The van der Waals surface area contributed by atoms with Crippen molar-refractivity contribution in [3.63, 3.8) is 0 Å². The number of aliphatic hydroxyl groups excluding tert-OH is 1. The molecule has 4 unspecified atom stereocenters. The standard InChI is InChI=1S/C15H29N3O5/c1-4-6-8-21-13-11(10-20-3)23-15(19)12(17-18-16)14(13)22-9-7-5-2/h11-15,19H,4-10H2,1-3H3/t11?,12?,13-,14?,15?/m1/s1. The van der Waals surface area contributed by atoms with Crippen molar-refractivity contribution in [3.8, 4) is 0 Å². The zero-order valence-electron chi connectivity index (χ0n) is 14.3. The molecule has 1 rings (SSSR count). The molecular weight excluding hydrogens is 302 g/mol. The Bertz CT molecular complexity index is 365. The van der Waals surface area contributed by atoms with Crippen molar-refractivity contribution in [3.05, 3.63) is 10.4 Å². The van der Waals surface area contributed by atoms with Crippen molar-refractivity contribution in [2.45, 2.75) is 70.2 Å². The van der Waals surface area contributed by atoms with Crippen LogP contribution in [0.3, 0.4) is 0 Å². The summed E-state index contributed by atoms with van der Waals surface area (Å²) in [5.41, 5.74) is 8.77. The minimum absolute atomic E-state index is 0.268. The van der Waals surface area contributed by atoms with Crippen LogP contribution in [0.15, 0.2) is 5.11 Å². The highest BCUT2D eigenvalue weighted by Crippen LogP contribution is 2.28. The number of unbranched alkanes of at least 4 members (excludes halogenated alkanes) is 2. The summed E-state index contributed by atoms with van der Waals surface area (Å²) in [4.78, 5) is 2.81. The second kappa shape index (κ2) is 11.6. The largest absolute Gasteiger partial charge is 0.382 e. The van der Waals surface area contributed by atoms with Gasteiger partial charge in [0, 0.05) is 25.2 Å². The van der Waals surface area contributed by atoms with Crippen LogP contribution in [0.4, 0.5) is 0 Å². The minimum atomic E-state index is -1.23. The first-order valence-electron chi connectivity index (χ1n) is 8.29. The Morgan fingerprint density at radius 3 is 2.26 bits per heavy atom. The summed E-state index contributed by atoms with van der Waals surface area (Å²) in [6.07, 6.45) is 1.08. The van der Waals surface area contributed by atoms with Gasteiger partial charge in [-0.15, -0.1) is 0 Å². The number of rotatable bonds is 11. The van der Waals surface area contributed by atoms with Crippen molar-refractivity contribution in [1.82, 2.24) is 0 Å². The molecule has 0 amide bonds. The molecule has 0 aromatic rings. The third kappa shape index (κ3) is 6.25. The van der Waals surface area contributed by atoms with E-state index in [2.05, 4.69) is 23.9 Å². The number of nitrogens with zero attached hydrogens (tertiary/aromatic N) is 3. The number of hydrogen-bond donors (Lipinski definition) is 1. The summed E-state index contributed by atoms with van der Waals surface area (Å²) >= 11 is 0. The van der Waals surface area contributed by atoms with Crippen molar-refractivity contribution in [1.29, 1.82) is 0 Å². The molecule has 1 fully saturated rings. The molecule has 134 valence electrons. The molecule has 1 saturated heterocycles. The van der Waals surface area contributed by atoms with Gasteiger partial charge in [0.1, 0.15) is 18.2 Å². The molecule has 1 N–H and O–H groups in total. The van der Waals surface area contributed by atoms with Crippen LogP contribution in [0.1, 0.15) is 39.5 Å². The maximum atomic E-state index is 10.1. The topological polar surface area (TPSA) is 106 Å². The second-order valence-electron chi connectivity index (χ2n) is 5.59. The Labute approximate surface area is 137 Å². The molecule has 0 spiro atoms. The van der Waals surface area contributed by atoms with E-state index in [-0.39, 0.29) is 6.61 Å². The SMILES string of the molecule is CCCCOC1C(N=[N+]=[N-])C(O)OC(COC)[C@H]1OCCCC. The fourth-order valence-corrected chi connectivity index (χ4v) is 2.51. The molecule has 0 bridgehead atoms. The molecule has 5 atom stereocenters. The monoisotopic (exact) mass is 331 g/mol. The Kier molecular flexibility index (Phi) is 10.2. The van der Waals surface area contributed by atoms with E-state index in [1.54, 1.807) is 7.11 Å². The van der Waals surface area contributed by atoms with Gasteiger partial charge in [-0.1, -0.05) is 31.8 Å². The Balaban J connectivity index is 2.90. The van der Waals surface area contributed by atoms with E-state index in [1.165, 1.54) is 0 Å². The zero-order valence-corrected chi connectivity index (χ0v) is 14.3. The molecule has 8 nitrogen and oxygen atoms in total. The van der Waals surface area contributed by atoms with Crippen LogP contribution in [0.2, 0.25) is 0 Å². The molecule has 1 heterocycles. The Morgan fingerprint density at radius 1 is 1.13 bits per heavy atom. The van der Waals surface area contributed by atoms with Gasteiger partial charge in [-0.3, -0.25) is 0 Å². The van der Waals surface area contributed by atoms with Gasteiger partial charge in [0.15, 0.2) is 6.29 Å². The van der Waals surface area contributed by atoms with E-state index in [1.807, 2.05) is 0 Å². The highest BCUT2D eigenvalue weighted by Gasteiger charge is 2.46. The van der Waals surface area contributed by atoms with E-state index >= 15 is 0 Å². The molecule has 8 heteroatoms. The van der Waals surface area contributed by atoms with Crippen molar-refractivity contribution in [2.75, 3.05) is 26.9 Å².